The Kier molecular flexibility index (Phi) is 30.2. The van der Waals surface area contributed by atoms with Crippen molar-refractivity contribution >= 4 is 98.3 Å². The van der Waals surface area contributed by atoms with Crippen LogP contribution in [0.15, 0.2) is 96.1 Å². The maximum Gasteiger partial charge on any atom is 0.261 e. The molecule has 11 rings (SSSR count). The normalized spacial score (nSPS) is 15.6. The van der Waals surface area contributed by atoms with E-state index in [1.165, 1.54) is 249 Å². The number of thiophene rings is 5. The van der Waals surface area contributed by atoms with Crippen LogP contribution in [-0.4, -0.2) is 42.8 Å². The molecule has 7 aromatic rings. The fourth-order valence-electron chi connectivity index (χ4n) is 18.3. The van der Waals surface area contributed by atoms with Gasteiger partial charge in [-0.05, 0) is 169 Å². The molecule has 0 fully saturated rings. The Morgan fingerprint density at radius 1 is 0.369 bits per heavy atom. The number of carbonyl (C=O) groups is 2. The van der Waals surface area contributed by atoms with Crippen molar-refractivity contribution in [1.29, 1.82) is 0 Å². The third-order valence-electron chi connectivity index (χ3n) is 24.0. The number of nitrogens with zero attached hydrogens (tertiary/aromatic N) is 2. The molecule has 558 valence electrons. The van der Waals surface area contributed by atoms with E-state index in [9.17, 15) is 0 Å². The second-order valence-electron chi connectivity index (χ2n) is 31.9. The molecule has 0 radical (unpaired) electrons. The molecule has 2 amide bonds. The van der Waals surface area contributed by atoms with Crippen molar-refractivity contribution in [3.05, 3.63) is 149 Å². The van der Waals surface area contributed by atoms with Crippen LogP contribution in [0.1, 0.15) is 339 Å². The van der Waals surface area contributed by atoms with Crippen molar-refractivity contribution in [3.8, 4) is 29.3 Å². The molecule has 2 aromatic carbocycles. The Morgan fingerprint density at radius 2 is 0.796 bits per heavy atom. The number of unbranched alkanes of at least 4 members (excludes halogenated alkanes) is 24. The summed E-state index contributed by atoms with van der Waals surface area (Å²) in [6, 6.07) is 37.7. The van der Waals surface area contributed by atoms with Crippen LogP contribution in [0.5, 0.6) is 0 Å². The van der Waals surface area contributed by atoms with Gasteiger partial charge in [-0.1, -0.05) is 297 Å². The van der Waals surface area contributed by atoms with Gasteiger partial charge in [0.1, 0.15) is 8.07 Å². The molecule has 10 heteroatoms. The largest absolute Gasteiger partial charge is 0.306 e. The maximum atomic E-state index is 16.2. The summed E-state index contributed by atoms with van der Waals surface area (Å²) in [6.07, 6.45) is 47.0. The molecule has 8 heterocycles. The zero-order valence-electron chi connectivity index (χ0n) is 65.7. The zero-order valence-corrected chi connectivity index (χ0v) is 70.8. The lowest BCUT2D eigenvalue weighted by Gasteiger charge is -2.38. The van der Waals surface area contributed by atoms with Crippen molar-refractivity contribution in [1.82, 2.24) is 9.80 Å². The van der Waals surface area contributed by atoms with Crippen molar-refractivity contribution in [2.75, 3.05) is 13.1 Å². The van der Waals surface area contributed by atoms with Crippen LogP contribution < -0.4 is 10.4 Å². The van der Waals surface area contributed by atoms with E-state index in [1.54, 1.807) is 31.8 Å². The Labute approximate surface area is 646 Å². The molecule has 5 aromatic heterocycles. The lowest BCUT2D eigenvalue weighted by atomic mass is 9.68. The van der Waals surface area contributed by atoms with Gasteiger partial charge in [-0.15, -0.1) is 56.7 Å². The Hall–Kier alpha value is -4.42. The van der Waals surface area contributed by atoms with Gasteiger partial charge in [0.05, 0.1) is 42.6 Å². The topological polar surface area (TPSA) is 40.6 Å². The van der Waals surface area contributed by atoms with E-state index in [4.69, 9.17) is 0 Å². The number of aryl methyl sites for hydroxylation is 4. The minimum Gasteiger partial charge on any atom is -0.306 e. The monoisotopic (exact) mass is 1490 g/mol. The lowest BCUT2D eigenvalue weighted by Crippen LogP contribution is -2.57. The third kappa shape index (κ3) is 17.8. The van der Waals surface area contributed by atoms with Gasteiger partial charge in [-0.3, -0.25) is 9.59 Å². The predicted octanol–water partition coefficient (Wildman–Crippen LogP) is 28.5. The van der Waals surface area contributed by atoms with Crippen molar-refractivity contribution < 1.29 is 9.59 Å². The molecule has 4 aliphatic rings. The second-order valence-corrected chi connectivity index (χ2v) is 41.8. The summed E-state index contributed by atoms with van der Waals surface area (Å²) in [5.41, 5.74) is 11.4. The van der Waals surface area contributed by atoms with E-state index in [-0.39, 0.29) is 11.8 Å². The molecular formula is C93H130N2O2S5Si. The first kappa shape index (κ1) is 79.6. The van der Waals surface area contributed by atoms with Gasteiger partial charge in [-0.25, -0.2) is 0 Å². The number of amides is 2. The van der Waals surface area contributed by atoms with Crippen molar-refractivity contribution in [2.24, 2.45) is 11.8 Å². The molecule has 3 aliphatic heterocycles. The van der Waals surface area contributed by atoms with Gasteiger partial charge in [0.2, 0.25) is 0 Å². The average molecular weight is 1500 g/mol. The summed E-state index contributed by atoms with van der Waals surface area (Å²) in [4.78, 5) is 50.3. The predicted molar refractivity (Wildman–Crippen MR) is 458 cm³/mol. The van der Waals surface area contributed by atoms with Gasteiger partial charge in [0.25, 0.3) is 11.8 Å². The van der Waals surface area contributed by atoms with Crippen LogP contribution in [-0.2, 0) is 27.8 Å². The Bertz CT molecular complexity index is 3830. The highest BCUT2D eigenvalue weighted by molar-refractivity contribution is 7.33. The Balaban J connectivity index is 1.11. The highest BCUT2D eigenvalue weighted by Crippen LogP contribution is 2.65. The number of hydrogen-bond acceptors (Lipinski definition) is 7. The maximum absolute atomic E-state index is 16.2. The lowest BCUT2D eigenvalue weighted by molar-refractivity contribution is -0.124. The molecule has 4 nitrogen and oxygen atoms in total. The van der Waals surface area contributed by atoms with Gasteiger partial charge in [-0.2, -0.15) is 0 Å². The fourth-order valence-corrected chi connectivity index (χ4v) is 31.6. The van der Waals surface area contributed by atoms with E-state index >= 15 is 9.59 Å². The van der Waals surface area contributed by atoms with Crippen LogP contribution in [0, 0.1) is 25.7 Å². The first-order chi connectivity index (χ1) is 50.4. The second kappa shape index (κ2) is 39.1. The minimum atomic E-state index is -2.38. The van der Waals surface area contributed by atoms with Gasteiger partial charge < -0.3 is 9.80 Å². The Morgan fingerprint density at radius 3 is 1.27 bits per heavy atom. The van der Waals surface area contributed by atoms with Gasteiger partial charge >= 0.3 is 0 Å². The first-order valence-electron chi connectivity index (χ1n) is 42.4. The van der Waals surface area contributed by atoms with Crippen LogP contribution in [0.4, 0.5) is 0 Å². The summed E-state index contributed by atoms with van der Waals surface area (Å²) in [5, 5.41) is 3.60. The number of rotatable bonds is 49. The fraction of sp³-hybridized carbons (Fsp3) is 0.591. The SMILES string of the molecule is CCCCCCCC[Si]1(CCCCCCCC)c2cc(C)sc2-c2sc3c(c21)C(c1ccc(CCCCCC)cc1)(c1ccc(CCCCCC)cc1)c1cc(-c2ccc(C4=C5C(=O)N(CC(CCCC)CCCCCC)C(c6ccc(C)s6)=C5C(=O)N4CC(CCCC)CCCCCC)s2)sc1-3. The van der Waals surface area contributed by atoms with Crippen molar-refractivity contribution in [2.45, 2.75) is 331 Å². The molecule has 0 saturated heterocycles. The van der Waals surface area contributed by atoms with Gasteiger partial charge in [0.15, 0.2) is 0 Å². The third-order valence-corrected chi connectivity index (χ3v) is 35.6. The summed E-state index contributed by atoms with van der Waals surface area (Å²) in [5.74, 6) is 0.794. The molecule has 0 N–H and O–H groups in total. The molecule has 2 atom stereocenters. The van der Waals surface area contributed by atoms with Crippen LogP contribution in [0.3, 0.4) is 0 Å². The van der Waals surface area contributed by atoms with E-state index in [0.29, 0.717) is 36.1 Å². The minimum absolute atomic E-state index is 0.0359. The van der Waals surface area contributed by atoms with Crippen LogP contribution in [0.25, 0.3) is 40.7 Å². The standard InChI is InChI=1S/C93H130N2O2S5Si/c1-11-19-27-33-35-41-61-103(62-42-36-34-28-20-12-2)80-63-68(10)99-87(80)89-90(103)83-88(102-89)86-75(93(83,73-54-50-69(51-55-73)45-37-29-21-13-3)74-56-52-70(53-57-74)46-38-30-22-14-4)64-79(101-86)76-59-60-78(100-76)85-82-81(91(96)95(85)66-72(44-26-18-8)48-40-32-24-16-6)84(77-58-49-67(9)98-77)94(92(82)97)65-71(43-25-17-7)47-39-31-23-15-5/h49-60,63-64,71-72H,11-48,61-62,65-66H2,1-10H3. The molecule has 2 unspecified atom stereocenters. The first-order valence-corrected chi connectivity index (χ1v) is 48.9. The number of hydrogen-bond donors (Lipinski definition) is 0. The summed E-state index contributed by atoms with van der Waals surface area (Å²) in [6.45, 7) is 24.5. The quantitative estimate of drug-likeness (QED) is 0.0282. The van der Waals surface area contributed by atoms with E-state index in [0.717, 1.165) is 85.4 Å². The molecule has 0 bridgehead atoms. The number of fused-ring (bicyclic) bond motifs is 8. The summed E-state index contributed by atoms with van der Waals surface area (Å²) < 4.78 is 0. The highest BCUT2D eigenvalue weighted by Gasteiger charge is 2.58. The number of benzene rings is 2. The van der Waals surface area contributed by atoms with Crippen molar-refractivity contribution in [3.63, 3.8) is 0 Å². The van der Waals surface area contributed by atoms with E-state index < -0.39 is 13.5 Å². The van der Waals surface area contributed by atoms with Crippen LogP contribution >= 0.6 is 56.7 Å². The van der Waals surface area contributed by atoms with E-state index in [1.807, 2.05) is 27.9 Å². The molecule has 1 aliphatic carbocycles. The van der Waals surface area contributed by atoms with E-state index in [2.05, 4.69) is 187 Å². The van der Waals surface area contributed by atoms with Crippen LogP contribution in [0.2, 0.25) is 12.1 Å². The highest BCUT2D eigenvalue weighted by atomic mass is 32.1. The smallest absolute Gasteiger partial charge is 0.261 e. The zero-order chi connectivity index (χ0) is 72.3. The summed E-state index contributed by atoms with van der Waals surface area (Å²) in [7, 11) is -2.38. The molecule has 103 heavy (non-hydrogen) atoms. The number of carbonyl (C=O) groups excluding carboxylic acids is 2. The molecule has 0 spiro atoms. The molecule has 0 saturated carbocycles. The average Bonchev–Trinajstić information content (AvgIpc) is 1.49. The summed E-state index contributed by atoms with van der Waals surface area (Å²) >= 11 is 9.92. The van der Waals surface area contributed by atoms with Gasteiger partial charge in [0, 0.05) is 47.2 Å². The molecular weight excluding hydrogens is 1370 g/mol.